The molecule has 1 unspecified atom stereocenters. The van der Waals surface area contributed by atoms with Gasteiger partial charge in [-0.05, 0) is 120 Å². The van der Waals surface area contributed by atoms with Gasteiger partial charge in [0, 0.05) is 59.9 Å². The first-order chi connectivity index (χ1) is 24.4. The number of fused-ring (bicyclic) bond motifs is 5. The quantitative estimate of drug-likeness (QED) is 0.174. The van der Waals surface area contributed by atoms with Crippen LogP contribution in [0.3, 0.4) is 0 Å². The zero-order valence-electron chi connectivity index (χ0n) is 29.6. The summed E-state index contributed by atoms with van der Waals surface area (Å²) in [6, 6.07) is 10.8. The number of aryl methyl sites for hydroxylation is 1. The zero-order chi connectivity index (χ0) is 34.3. The summed E-state index contributed by atoms with van der Waals surface area (Å²) in [4.78, 5) is 35.1. The van der Waals surface area contributed by atoms with Crippen molar-refractivity contribution in [3.63, 3.8) is 0 Å². The molecule has 3 bridgehead atoms. The molecule has 0 radical (unpaired) electrons. The number of esters is 1. The smallest absolute Gasteiger partial charge is 0.305 e. The maximum absolute atomic E-state index is 13.3. The molecule has 1 N–H and O–H groups in total. The van der Waals surface area contributed by atoms with Gasteiger partial charge in [0.15, 0.2) is 5.78 Å². The maximum Gasteiger partial charge on any atom is 0.305 e. The number of ketones is 1. The van der Waals surface area contributed by atoms with Crippen LogP contribution < -0.4 is 0 Å². The predicted octanol–water partition coefficient (Wildman–Crippen LogP) is 6.85. The van der Waals surface area contributed by atoms with E-state index in [9.17, 15) is 14.7 Å². The van der Waals surface area contributed by atoms with Crippen LogP contribution in [0.4, 0.5) is 0 Å². The Labute approximate surface area is 295 Å². The summed E-state index contributed by atoms with van der Waals surface area (Å²) in [7, 11) is 1.45. The van der Waals surface area contributed by atoms with Crippen LogP contribution in [0.15, 0.2) is 66.9 Å². The van der Waals surface area contributed by atoms with Crippen LogP contribution in [0, 0.1) is 11.3 Å². The summed E-state index contributed by atoms with van der Waals surface area (Å²) < 4.78 is 7.35. The summed E-state index contributed by atoms with van der Waals surface area (Å²) in [5, 5.41) is 15.7. The van der Waals surface area contributed by atoms with E-state index in [-0.39, 0.29) is 35.2 Å². The summed E-state index contributed by atoms with van der Waals surface area (Å²) in [6.07, 6.45) is 23.1. The number of rotatable bonds is 6. The predicted molar refractivity (Wildman–Crippen MR) is 198 cm³/mol. The van der Waals surface area contributed by atoms with E-state index in [1.807, 2.05) is 12.3 Å². The fourth-order valence-corrected chi connectivity index (χ4v) is 10.6. The number of piperidine rings is 1. The van der Waals surface area contributed by atoms with E-state index in [1.165, 1.54) is 41.8 Å². The number of pyridine rings is 1. The molecule has 2 saturated heterocycles. The van der Waals surface area contributed by atoms with Gasteiger partial charge in [-0.15, -0.1) is 0 Å². The standard InChI is InChI=1S/C42H52N4O4/c1-50-37(48)16-8-11-24-46-36-15-7-6-14-32(36)33-19-22-43-38(39(33)46)34-28-42(49)21-9-4-2-3-5-10-23-44-26-20-35(34)41(29-44)27-30-17-18-31(47)13-12-25-45(30)40(41)42/h2,4,6-7,14-15,17-19,22,28,30,35,40,49H,3,5,8-13,16,20-21,23-27,29H2,1H3/b4-2-,18-17-/t30-,35-,40+,41-,42-/m0/s1. The molecule has 6 atom stereocenters. The van der Waals surface area contributed by atoms with Gasteiger partial charge in [0.05, 0.1) is 30.0 Å². The molecule has 264 valence electrons. The minimum Gasteiger partial charge on any atom is -0.469 e. The lowest BCUT2D eigenvalue weighted by Crippen LogP contribution is -2.65. The van der Waals surface area contributed by atoms with Gasteiger partial charge in [-0.1, -0.05) is 36.4 Å². The van der Waals surface area contributed by atoms with Crippen LogP contribution in [0.25, 0.3) is 27.4 Å². The fourth-order valence-electron chi connectivity index (χ4n) is 10.6. The third kappa shape index (κ3) is 5.87. The van der Waals surface area contributed by atoms with E-state index >= 15 is 0 Å². The highest BCUT2D eigenvalue weighted by atomic mass is 16.5. The number of aliphatic hydroxyl groups is 1. The lowest BCUT2D eigenvalue weighted by atomic mass is 9.54. The fraction of sp³-hybridized carbons (Fsp3) is 0.548. The molecule has 8 rings (SSSR count). The number of hydrogen-bond donors (Lipinski definition) is 1. The van der Waals surface area contributed by atoms with Crippen molar-refractivity contribution in [1.29, 1.82) is 0 Å². The van der Waals surface area contributed by atoms with E-state index in [4.69, 9.17) is 9.72 Å². The second-order valence-corrected chi connectivity index (χ2v) is 15.5. The Morgan fingerprint density at radius 3 is 2.82 bits per heavy atom. The highest BCUT2D eigenvalue weighted by Crippen LogP contribution is 2.62. The number of aromatic nitrogens is 2. The molecule has 50 heavy (non-hydrogen) atoms. The zero-order valence-corrected chi connectivity index (χ0v) is 29.6. The molecule has 8 nitrogen and oxygen atoms in total. The number of carbonyl (C=O) groups is 2. The van der Waals surface area contributed by atoms with E-state index in [0.717, 1.165) is 88.9 Å². The molecular formula is C42H52N4O4. The van der Waals surface area contributed by atoms with Crippen LogP contribution in [-0.4, -0.2) is 87.2 Å². The SMILES string of the molecule is COC(=O)CCCCn1c2ccccc2c2ccnc(C3=C[C@@]4(O)CC/C=C\CCCCN5CC[C@@H]3[C@]3(C[C@@H]6/C=C\C(=O)CCCN6[C@H]34)C5)c21. The molecule has 6 heterocycles. The van der Waals surface area contributed by atoms with Crippen molar-refractivity contribution < 1.29 is 19.4 Å². The second kappa shape index (κ2) is 13.9. The van der Waals surface area contributed by atoms with Gasteiger partial charge in [0.2, 0.25) is 0 Å². The number of ether oxygens (including phenoxy) is 1. The molecule has 8 heteroatoms. The Bertz CT molecular complexity index is 1860. The van der Waals surface area contributed by atoms with Crippen molar-refractivity contribution in [1.82, 2.24) is 19.4 Å². The van der Waals surface area contributed by atoms with Gasteiger partial charge in [0.25, 0.3) is 0 Å². The van der Waals surface area contributed by atoms with Crippen LogP contribution in [0.5, 0.6) is 0 Å². The Kier molecular flexibility index (Phi) is 9.29. The monoisotopic (exact) mass is 676 g/mol. The first kappa shape index (κ1) is 33.5. The van der Waals surface area contributed by atoms with Gasteiger partial charge in [-0.3, -0.25) is 19.5 Å². The van der Waals surface area contributed by atoms with Crippen molar-refractivity contribution >= 4 is 39.1 Å². The Morgan fingerprint density at radius 1 is 1.04 bits per heavy atom. The number of para-hydroxylation sites is 1. The molecule has 0 amide bonds. The number of allylic oxidation sites excluding steroid dienone is 4. The van der Waals surface area contributed by atoms with Crippen LogP contribution in [-0.2, 0) is 20.9 Å². The number of unbranched alkanes of at least 4 members (excludes halogenated alkanes) is 1. The molecule has 4 aliphatic heterocycles. The van der Waals surface area contributed by atoms with Crippen molar-refractivity contribution in [2.45, 2.75) is 101 Å². The third-order valence-corrected chi connectivity index (χ3v) is 12.6. The van der Waals surface area contributed by atoms with Gasteiger partial charge in [-0.25, -0.2) is 0 Å². The van der Waals surface area contributed by atoms with Gasteiger partial charge < -0.3 is 19.3 Å². The highest BCUT2D eigenvalue weighted by Gasteiger charge is 2.65. The van der Waals surface area contributed by atoms with E-state index in [1.54, 1.807) is 0 Å². The minimum atomic E-state index is -1.06. The second-order valence-electron chi connectivity index (χ2n) is 15.5. The number of carbonyl (C=O) groups excluding carboxylic acids is 2. The van der Waals surface area contributed by atoms with Crippen molar-refractivity contribution in [2.75, 3.05) is 33.3 Å². The molecule has 0 saturated carbocycles. The molecule has 1 aromatic carbocycles. The van der Waals surface area contributed by atoms with Crippen LogP contribution in [0.2, 0.25) is 0 Å². The number of hydrogen-bond acceptors (Lipinski definition) is 7. The molecule has 2 fully saturated rings. The molecule has 2 aromatic heterocycles. The van der Waals surface area contributed by atoms with E-state index < -0.39 is 5.60 Å². The first-order valence-electron chi connectivity index (χ1n) is 19.1. The summed E-state index contributed by atoms with van der Waals surface area (Å²) in [5.74, 6) is 0.276. The average molecular weight is 677 g/mol. The molecule has 1 aliphatic carbocycles. The van der Waals surface area contributed by atoms with E-state index in [0.29, 0.717) is 19.3 Å². The van der Waals surface area contributed by atoms with E-state index in [2.05, 4.69) is 69.0 Å². The van der Waals surface area contributed by atoms with Crippen LogP contribution >= 0.6 is 0 Å². The minimum absolute atomic E-state index is 0.0352. The molecule has 1 spiro atoms. The van der Waals surface area contributed by atoms with Gasteiger partial charge in [-0.2, -0.15) is 0 Å². The topological polar surface area (TPSA) is 87.9 Å². The Balaban J connectivity index is 1.31. The van der Waals surface area contributed by atoms with Crippen molar-refractivity contribution in [3.8, 4) is 0 Å². The first-order valence-corrected chi connectivity index (χ1v) is 19.1. The highest BCUT2D eigenvalue weighted by molar-refractivity contribution is 6.10. The number of nitrogens with zero attached hydrogens (tertiary/aromatic N) is 4. The largest absolute Gasteiger partial charge is 0.469 e. The average Bonchev–Trinajstić information content (AvgIpc) is 3.61. The van der Waals surface area contributed by atoms with Gasteiger partial charge in [0.1, 0.15) is 0 Å². The molecule has 3 aromatic rings. The Morgan fingerprint density at radius 2 is 1.92 bits per heavy atom. The summed E-state index contributed by atoms with van der Waals surface area (Å²) in [5.41, 5.74) is 3.25. The van der Waals surface area contributed by atoms with Crippen molar-refractivity contribution in [3.05, 3.63) is 72.6 Å². The summed E-state index contributed by atoms with van der Waals surface area (Å²) in [6.45, 7) is 4.67. The van der Waals surface area contributed by atoms with Gasteiger partial charge >= 0.3 is 5.97 Å². The normalized spacial score (nSPS) is 32.9. The lowest BCUT2D eigenvalue weighted by Gasteiger charge is -2.58. The maximum atomic E-state index is 13.3. The lowest BCUT2D eigenvalue weighted by molar-refractivity contribution is -0.140. The number of benzene rings is 1. The summed E-state index contributed by atoms with van der Waals surface area (Å²) >= 11 is 0. The Hall–Kier alpha value is -3.59. The molecular weight excluding hydrogens is 624 g/mol. The van der Waals surface area contributed by atoms with Crippen molar-refractivity contribution in [2.24, 2.45) is 11.3 Å². The number of methoxy groups -OCH3 is 1. The third-order valence-electron chi connectivity index (χ3n) is 12.6. The molecule has 5 aliphatic rings. The van der Waals surface area contributed by atoms with Crippen LogP contribution in [0.1, 0.15) is 82.7 Å².